The van der Waals surface area contributed by atoms with Crippen LogP contribution in [0.15, 0.2) is 77.7 Å². The Bertz CT molecular complexity index is 1060. The van der Waals surface area contributed by atoms with Crippen LogP contribution in [0.5, 0.6) is 5.75 Å². The van der Waals surface area contributed by atoms with Gasteiger partial charge in [-0.05, 0) is 75.9 Å². The van der Waals surface area contributed by atoms with Gasteiger partial charge in [0.2, 0.25) is 0 Å². The molecule has 3 aromatic rings. The van der Waals surface area contributed by atoms with E-state index in [-0.39, 0.29) is 4.90 Å². The van der Waals surface area contributed by atoms with E-state index in [0.717, 1.165) is 19.1 Å². The van der Waals surface area contributed by atoms with E-state index < -0.39 is 30.4 Å². The molecular formula is C24H27IO4S+. The predicted octanol–water partition coefficient (Wildman–Crippen LogP) is 2.19. The smallest absolute Gasteiger partial charge is 0.336 e. The minimum Gasteiger partial charge on any atom is -0.497 e. The summed E-state index contributed by atoms with van der Waals surface area (Å²) in [5, 5.41) is 0. The van der Waals surface area contributed by atoms with Crippen LogP contribution in [0, 0.1) is 20.0 Å². The van der Waals surface area contributed by atoms with Crippen LogP contribution < -0.4 is 25.0 Å². The van der Waals surface area contributed by atoms with E-state index in [1.165, 1.54) is 17.7 Å². The van der Waals surface area contributed by atoms with Crippen LogP contribution in [-0.2, 0) is 19.1 Å². The molecule has 0 atom stereocenters. The summed E-state index contributed by atoms with van der Waals surface area (Å²) >= 11 is -2.68. The van der Waals surface area contributed by atoms with Gasteiger partial charge in [0.25, 0.3) is 0 Å². The minimum atomic E-state index is -3.91. The Kier molecular flexibility index (Phi) is 7.55. The Morgan fingerprint density at radius 1 is 0.833 bits per heavy atom. The molecule has 6 heteroatoms. The Labute approximate surface area is 187 Å². The maximum atomic E-state index is 13.0. The number of rotatable bonds is 8. The van der Waals surface area contributed by atoms with Crippen LogP contribution in [0.1, 0.15) is 25.0 Å². The summed E-state index contributed by atoms with van der Waals surface area (Å²) in [6.45, 7) is 6.38. The summed E-state index contributed by atoms with van der Waals surface area (Å²) in [6.07, 6.45) is 0.990. The van der Waals surface area contributed by atoms with Crippen molar-refractivity contribution in [3.8, 4) is 5.75 Å². The zero-order chi connectivity index (χ0) is 21.7. The molecule has 0 aliphatic rings. The van der Waals surface area contributed by atoms with Gasteiger partial charge in [-0.2, -0.15) is 8.42 Å². The standard InChI is InChI=1S/C24H27IO4S/c1-18(2)17-20-7-11-22(12-8-20)25(21-9-5-19(3)6-10-21)29-30(26,27)24-15-13-23(28-4)14-16-24/h5-16,18H,17H2,1-4H3/q+1. The van der Waals surface area contributed by atoms with Gasteiger partial charge in [0, 0.05) is 0 Å². The highest BCUT2D eigenvalue weighted by Crippen LogP contribution is 2.16. The summed E-state index contributed by atoms with van der Waals surface area (Å²) in [5.74, 6) is 1.16. The van der Waals surface area contributed by atoms with Crippen molar-refractivity contribution in [3.05, 3.63) is 91.1 Å². The summed E-state index contributed by atoms with van der Waals surface area (Å²) in [5.41, 5.74) is 2.37. The largest absolute Gasteiger partial charge is 0.497 e. The number of halogens is 1. The van der Waals surface area contributed by atoms with Gasteiger partial charge in [0.15, 0.2) is 7.14 Å². The number of hydrogen-bond donors (Lipinski definition) is 0. The first kappa shape index (κ1) is 22.8. The van der Waals surface area contributed by atoms with Crippen molar-refractivity contribution < 1.29 is 35.9 Å². The van der Waals surface area contributed by atoms with Crippen LogP contribution >= 0.6 is 0 Å². The number of ether oxygens (including phenoxy) is 1. The molecule has 4 nitrogen and oxygen atoms in total. The average molecular weight is 538 g/mol. The molecule has 0 aliphatic heterocycles. The molecule has 0 aromatic heterocycles. The van der Waals surface area contributed by atoms with Crippen molar-refractivity contribution in [2.45, 2.75) is 32.1 Å². The zero-order valence-electron chi connectivity index (χ0n) is 17.6. The fourth-order valence-electron chi connectivity index (χ4n) is 2.91. The first-order chi connectivity index (χ1) is 14.3. The number of methoxy groups -OCH3 is 1. The SMILES string of the molecule is COc1ccc(S(=O)(=O)O[I+](c2ccc(C)cc2)c2ccc(CC(C)C)cc2)cc1. The van der Waals surface area contributed by atoms with E-state index in [0.29, 0.717) is 11.7 Å². The highest BCUT2D eigenvalue weighted by atomic mass is 127. The molecule has 1 radical (unpaired) electrons. The zero-order valence-corrected chi connectivity index (χ0v) is 20.6. The van der Waals surface area contributed by atoms with Gasteiger partial charge >= 0.3 is 30.4 Å². The monoisotopic (exact) mass is 538 g/mol. The maximum Gasteiger partial charge on any atom is 0.336 e. The van der Waals surface area contributed by atoms with Crippen LogP contribution in [0.2, 0.25) is 0 Å². The van der Waals surface area contributed by atoms with E-state index in [1.807, 2.05) is 43.3 Å². The fourth-order valence-corrected chi connectivity index (χ4v) is 9.80. The van der Waals surface area contributed by atoms with Crippen molar-refractivity contribution in [1.82, 2.24) is 0 Å². The van der Waals surface area contributed by atoms with Crippen LogP contribution in [0.3, 0.4) is 0 Å². The fraction of sp³-hybridized carbons (Fsp3) is 0.250. The summed E-state index contributed by atoms with van der Waals surface area (Å²) < 4.78 is 39.0. The second-order valence-electron chi connectivity index (χ2n) is 7.46. The molecule has 30 heavy (non-hydrogen) atoms. The Morgan fingerprint density at radius 3 is 1.87 bits per heavy atom. The summed E-state index contributed by atoms with van der Waals surface area (Å²) in [6, 6.07) is 22.4. The van der Waals surface area contributed by atoms with Crippen molar-refractivity contribution in [2.75, 3.05) is 7.11 Å². The third-order valence-electron chi connectivity index (χ3n) is 4.46. The topological polar surface area (TPSA) is 52.6 Å². The highest BCUT2D eigenvalue weighted by molar-refractivity contribution is 7.86. The molecule has 3 aromatic carbocycles. The van der Waals surface area contributed by atoms with Gasteiger partial charge in [-0.25, -0.2) is 0 Å². The molecule has 3 rings (SSSR count). The molecule has 159 valence electrons. The number of aryl methyl sites for hydroxylation is 1. The second-order valence-corrected chi connectivity index (χ2v) is 14.0. The Morgan fingerprint density at radius 2 is 1.37 bits per heavy atom. The molecule has 0 aliphatic carbocycles. The lowest BCUT2D eigenvalue weighted by molar-refractivity contribution is -1.03. The lowest BCUT2D eigenvalue weighted by Crippen LogP contribution is -3.85. The molecule has 0 N–H and O–H groups in total. The van der Waals surface area contributed by atoms with E-state index in [9.17, 15) is 8.42 Å². The second kappa shape index (κ2) is 9.94. The molecule has 0 unspecified atom stereocenters. The molecule has 0 fully saturated rings. The van der Waals surface area contributed by atoms with E-state index >= 15 is 0 Å². The Hall–Kier alpha value is -1.90. The van der Waals surface area contributed by atoms with E-state index in [1.54, 1.807) is 19.2 Å². The lowest BCUT2D eigenvalue weighted by Gasteiger charge is -2.08. The molecule has 0 amide bonds. The van der Waals surface area contributed by atoms with E-state index in [4.69, 9.17) is 7.25 Å². The minimum absolute atomic E-state index is 0.133. The van der Waals surface area contributed by atoms with Crippen LogP contribution in [0.25, 0.3) is 0 Å². The van der Waals surface area contributed by atoms with Crippen molar-refractivity contribution in [3.63, 3.8) is 0 Å². The van der Waals surface area contributed by atoms with Crippen LogP contribution in [-0.4, -0.2) is 15.5 Å². The van der Waals surface area contributed by atoms with Gasteiger partial charge in [-0.15, -0.1) is 0 Å². The molecule has 0 saturated carbocycles. The van der Waals surface area contributed by atoms with Crippen molar-refractivity contribution in [2.24, 2.45) is 5.92 Å². The molecular weight excluding hydrogens is 511 g/mol. The quantitative estimate of drug-likeness (QED) is 0.413. The molecule has 0 heterocycles. The predicted molar refractivity (Wildman–Crippen MR) is 115 cm³/mol. The first-order valence-electron chi connectivity index (χ1n) is 9.73. The number of hydrogen-bond acceptors (Lipinski definition) is 4. The van der Waals surface area contributed by atoms with Crippen molar-refractivity contribution in [1.29, 1.82) is 0 Å². The summed E-state index contributed by atoms with van der Waals surface area (Å²) in [4.78, 5) is 0.133. The lowest BCUT2D eigenvalue weighted by atomic mass is 10.0. The first-order valence-corrected chi connectivity index (χ1v) is 14.2. The van der Waals surface area contributed by atoms with Crippen molar-refractivity contribution >= 4 is 10.1 Å². The highest BCUT2D eigenvalue weighted by Gasteiger charge is 2.37. The van der Waals surface area contributed by atoms with Gasteiger partial charge in [-0.1, -0.05) is 43.7 Å². The van der Waals surface area contributed by atoms with Gasteiger partial charge in [-0.3, -0.25) is 0 Å². The normalized spacial score (nSPS) is 11.8. The average Bonchev–Trinajstić information content (AvgIpc) is 2.73. The van der Waals surface area contributed by atoms with Crippen LogP contribution in [0.4, 0.5) is 0 Å². The maximum absolute atomic E-state index is 13.0. The summed E-state index contributed by atoms with van der Waals surface area (Å²) in [7, 11) is -2.36. The van der Waals surface area contributed by atoms with Gasteiger partial charge in [0.05, 0.1) is 12.0 Å². The Balaban J connectivity index is 1.96. The number of benzene rings is 3. The third-order valence-corrected chi connectivity index (χ3v) is 11.8. The van der Waals surface area contributed by atoms with Gasteiger partial charge < -0.3 is 4.74 Å². The molecule has 0 saturated heterocycles. The molecule has 0 bridgehead atoms. The molecule has 0 spiro atoms. The van der Waals surface area contributed by atoms with Gasteiger partial charge in [0.1, 0.15) is 5.75 Å². The third kappa shape index (κ3) is 5.83. The van der Waals surface area contributed by atoms with E-state index in [2.05, 4.69) is 26.0 Å².